The molecule has 2 heterocycles. The number of nitrogen functional groups attached to an aromatic ring is 1. The van der Waals surface area contributed by atoms with E-state index in [0.29, 0.717) is 43.1 Å². The van der Waals surface area contributed by atoms with Crippen molar-refractivity contribution in [3.8, 4) is 11.6 Å². The topological polar surface area (TPSA) is 128 Å². The van der Waals surface area contributed by atoms with Crippen LogP contribution in [-0.4, -0.2) is 47.2 Å². The fourth-order valence-electron chi connectivity index (χ4n) is 2.93. The standard InChI is InChI=1S/C18H20N4O5/c1-26-18(25)12-2-4-13(5-3-12)27-16-14(19)15(20-10-21-16)22-8-6-11(7-9-22)17(23)24/h2-5,10-11H,6-9,19H2,1H3,(H,23,24). The van der Waals surface area contributed by atoms with Crippen LogP contribution < -0.4 is 15.4 Å². The highest BCUT2D eigenvalue weighted by molar-refractivity contribution is 5.89. The number of aliphatic carboxylic acids is 1. The van der Waals surface area contributed by atoms with Gasteiger partial charge in [-0.25, -0.2) is 9.78 Å². The first-order valence-electron chi connectivity index (χ1n) is 8.44. The Bertz CT molecular complexity index is 832. The van der Waals surface area contributed by atoms with E-state index in [1.165, 1.54) is 13.4 Å². The minimum atomic E-state index is -0.773. The van der Waals surface area contributed by atoms with E-state index in [1.807, 2.05) is 4.90 Å². The van der Waals surface area contributed by atoms with Crippen LogP contribution in [0.4, 0.5) is 11.5 Å². The van der Waals surface area contributed by atoms with Crippen LogP contribution in [0.3, 0.4) is 0 Å². The zero-order valence-electron chi connectivity index (χ0n) is 14.8. The molecule has 0 spiro atoms. The number of esters is 1. The second kappa shape index (κ2) is 7.90. The van der Waals surface area contributed by atoms with Crippen molar-refractivity contribution in [3.63, 3.8) is 0 Å². The number of hydrogen-bond donors (Lipinski definition) is 2. The van der Waals surface area contributed by atoms with Crippen molar-refractivity contribution < 1.29 is 24.2 Å². The zero-order valence-corrected chi connectivity index (χ0v) is 14.8. The van der Waals surface area contributed by atoms with Crippen LogP contribution >= 0.6 is 0 Å². The molecule has 1 aromatic heterocycles. The molecule has 9 nitrogen and oxygen atoms in total. The molecule has 1 fully saturated rings. The fourth-order valence-corrected chi connectivity index (χ4v) is 2.93. The molecule has 0 atom stereocenters. The first kappa shape index (κ1) is 18.4. The molecule has 27 heavy (non-hydrogen) atoms. The molecule has 142 valence electrons. The molecule has 0 unspecified atom stereocenters. The number of carboxylic acid groups (broad SMARTS) is 1. The van der Waals surface area contributed by atoms with E-state index >= 15 is 0 Å². The van der Waals surface area contributed by atoms with Gasteiger partial charge in [-0.05, 0) is 37.1 Å². The van der Waals surface area contributed by atoms with Gasteiger partial charge in [0.25, 0.3) is 0 Å². The van der Waals surface area contributed by atoms with Gasteiger partial charge in [0.1, 0.15) is 17.8 Å². The molecule has 0 amide bonds. The maximum Gasteiger partial charge on any atom is 0.337 e. The number of ether oxygens (including phenoxy) is 2. The van der Waals surface area contributed by atoms with Gasteiger partial charge in [0.15, 0.2) is 5.82 Å². The Morgan fingerprint density at radius 1 is 1.19 bits per heavy atom. The van der Waals surface area contributed by atoms with Crippen molar-refractivity contribution in [2.75, 3.05) is 30.8 Å². The van der Waals surface area contributed by atoms with Gasteiger partial charge in [-0.2, -0.15) is 4.98 Å². The molecule has 0 saturated carbocycles. The minimum Gasteiger partial charge on any atom is -0.481 e. The molecule has 3 N–H and O–H groups in total. The number of nitrogens with zero attached hydrogens (tertiary/aromatic N) is 3. The van der Waals surface area contributed by atoms with Crippen LogP contribution in [-0.2, 0) is 9.53 Å². The Balaban J connectivity index is 1.73. The minimum absolute atomic E-state index is 0.200. The largest absolute Gasteiger partial charge is 0.481 e. The second-order valence-electron chi connectivity index (χ2n) is 6.13. The summed E-state index contributed by atoms with van der Waals surface area (Å²) in [5.74, 6) is -0.363. The Labute approximate surface area is 155 Å². The summed E-state index contributed by atoms with van der Waals surface area (Å²) in [7, 11) is 1.31. The number of methoxy groups -OCH3 is 1. The molecule has 1 aromatic carbocycles. The summed E-state index contributed by atoms with van der Waals surface area (Å²) in [5.41, 5.74) is 6.86. The summed E-state index contributed by atoms with van der Waals surface area (Å²) in [6.45, 7) is 1.09. The molecule has 9 heteroatoms. The quantitative estimate of drug-likeness (QED) is 0.757. The lowest BCUT2D eigenvalue weighted by atomic mass is 9.97. The summed E-state index contributed by atoms with van der Waals surface area (Å²) in [6.07, 6.45) is 2.42. The van der Waals surface area contributed by atoms with Crippen LogP contribution in [0.2, 0.25) is 0 Å². The van der Waals surface area contributed by atoms with E-state index in [2.05, 4.69) is 14.7 Å². The molecule has 3 rings (SSSR count). The third-order valence-electron chi connectivity index (χ3n) is 4.46. The number of anilines is 2. The molecule has 1 aliphatic rings. The number of piperidine rings is 1. The van der Waals surface area contributed by atoms with Gasteiger partial charge in [-0.15, -0.1) is 0 Å². The van der Waals surface area contributed by atoms with Gasteiger partial charge >= 0.3 is 11.9 Å². The van der Waals surface area contributed by atoms with Crippen molar-refractivity contribution in [1.29, 1.82) is 0 Å². The Hall–Kier alpha value is -3.36. The van der Waals surface area contributed by atoms with E-state index in [1.54, 1.807) is 24.3 Å². The monoisotopic (exact) mass is 372 g/mol. The van der Waals surface area contributed by atoms with Crippen molar-refractivity contribution in [3.05, 3.63) is 36.2 Å². The first-order chi connectivity index (χ1) is 13.0. The molecule has 2 aromatic rings. The molecule has 0 aliphatic carbocycles. The molecule has 1 saturated heterocycles. The van der Waals surface area contributed by atoms with Crippen molar-refractivity contribution >= 4 is 23.4 Å². The second-order valence-corrected chi connectivity index (χ2v) is 6.13. The number of aromatic nitrogens is 2. The number of hydrogen-bond acceptors (Lipinski definition) is 8. The van der Waals surface area contributed by atoms with Gasteiger partial charge in [0.05, 0.1) is 18.6 Å². The SMILES string of the molecule is COC(=O)c1ccc(Oc2ncnc(N3CCC(C(=O)O)CC3)c2N)cc1. The van der Waals surface area contributed by atoms with Gasteiger partial charge < -0.3 is 25.2 Å². The highest BCUT2D eigenvalue weighted by Crippen LogP contribution is 2.33. The molecular formula is C18H20N4O5. The summed E-state index contributed by atoms with van der Waals surface area (Å²) < 4.78 is 10.4. The van der Waals surface area contributed by atoms with E-state index in [-0.39, 0.29) is 17.5 Å². The van der Waals surface area contributed by atoms with E-state index in [9.17, 15) is 9.59 Å². The fraction of sp³-hybridized carbons (Fsp3) is 0.333. The van der Waals surface area contributed by atoms with Crippen molar-refractivity contribution in [1.82, 2.24) is 9.97 Å². The van der Waals surface area contributed by atoms with E-state index in [4.69, 9.17) is 15.6 Å². The number of carboxylic acids is 1. The predicted molar refractivity (Wildman–Crippen MR) is 96.9 cm³/mol. The first-order valence-corrected chi connectivity index (χ1v) is 8.44. The van der Waals surface area contributed by atoms with Gasteiger partial charge in [-0.1, -0.05) is 0 Å². The van der Waals surface area contributed by atoms with Crippen LogP contribution in [0, 0.1) is 5.92 Å². The Morgan fingerprint density at radius 2 is 1.85 bits per heavy atom. The molecule has 0 bridgehead atoms. The average molecular weight is 372 g/mol. The third kappa shape index (κ3) is 4.08. The summed E-state index contributed by atoms with van der Waals surface area (Å²) in [6, 6.07) is 6.39. The highest BCUT2D eigenvalue weighted by atomic mass is 16.5. The number of rotatable bonds is 5. The number of nitrogens with two attached hydrogens (primary N) is 1. The van der Waals surface area contributed by atoms with Gasteiger partial charge in [0.2, 0.25) is 5.88 Å². The smallest absolute Gasteiger partial charge is 0.337 e. The van der Waals surface area contributed by atoms with Crippen LogP contribution in [0.1, 0.15) is 23.2 Å². The van der Waals surface area contributed by atoms with Crippen molar-refractivity contribution in [2.24, 2.45) is 5.92 Å². The number of benzene rings is 1. The predicted octanol–water partition coefficient (Wildman–Crippen LogP) is 1.94. The van der Waals surface area contributed by atoms with Gasteiger partial charge in [-0.3, -0.25) is 4.79 Å². The van der Waals surface area contributed by atoms with E-state index < -0.39 is 11.9 Å². The highest BCUT2D eigenvalue weighted by Gasteiger charge is 2.27. The van der Waals surface area contributed by atoms with E-state index in [0.717, 1.165) is 0 Å². The maximum absolute atomic E-state index is 11.5. The summed E-state index contributed by atoms with van der Waals surface area (Å²) >= 11 is 0. The number of carbonyl (C=O) groups excluding carboxylic acids is 1. The van der Waals surface area contributed by atoms with Gasteiger partial charge in [0, 0.05) is 13.1 Å². The van der Waals surface area contributed by atoms with Crippen LogP contribution in [0.25, 0.3) is 0 Å². The van der Waals surface area contributed by atoms with Crippen LogP contribution in [0.15, 0.2) is 30.6 Å². The molecular weight excluding hydrogens is 352 g/mol. The molecule has 0 radical (unpaired) electrons. The third-order valence-corrected chi connectivity index (χ3v) is 4.46. The summed E-state index contributed by atoms with van der Waals surface area (Å²) in [5, 5.41) is 9.11. The lowest BCUT2D eigenvalue weighted by molar-refractivity contribution is -0.142. The zero-order chi connectivity index (χ0) is 19.4. The summed E-state index contributed by atoms with van der Waals surface area (Å²) in [4.78, 5) is 32.8. The van der Waals surface area contributed by atoms with Crippen molar-refractivity contribution in [2.45, 2.75) is 12.8 Å². The Kier molecular flexibility index (Phi) is 5.39. The number of carbonyl (C=O) groups is 2. The average Bonchev–Trinajstić information content (AvgIpc) is 2.69. The lowest BCUT2D eigenvalue weighted by Crippen LogP contribution is -2.37. The Morgan fingerprint density at radius 3 is 2.44 bits per heavy atom. The lowest BCUT2D eigenvalue weighted by Gasteiger charge is -2.31. The molecule has 1 aliphatic heterocycles. The normalized spacial score (nSPS) is 14.6. The maximum atomic E-state index is 11.5. The van der Waals surface area contributed by atoms with Crippen LogP contribution in [0.5, 0.6) is 11.6 Å².